The van der Waals surface area contributed by atoms with E-state index in [1.54, 1.807) is 55.5 Å². The Balaban J connectivity index is 1.84. The molecule has 0 bridgehead atoms. The Bertz CT molecular complexity index is 1170. The maximum atomic E-state index is 13.1. The molecule has 2 N–H and O–H groups in total. The standard InChI is InChI=1S/C26H25FN4O2/c1-18(20-11-13-22(27)14-12-20)29-30-26(33)24(28-25(32)21-7-5-4-6-8-21)17-19-9-15-23(16-10-19)31(2)3/h4-17H,1-3H3,(H,28,32)(H,30,33)/b24-17+,29-18-. The average molecular weight is 445 g/mol. The molecular formula is C26H25FN4O2. The van der Waals surface area contributed by atoms with Gasteiger partial charge in [0.25, 0.3) is 11.8 Å². The summed E-state index contributed by atoms with van der Waals surface area (Å²) in [7, 11) is 3.87. The summed E-state index contributed by atoms with van der Waals surface area (Å²) in [6.45, 7) is 1.69. The van der Waals surface area contributed by atoms with Crippen molar-refractivity contribution in [3.05, 3.63) is 107 Å². The highest BCUT2D eigenvalue weighted by Crippen LogP contribution is 2.15. The second kappa shape index (κ2) is 10.9. The van der Waals surface area contributed by atoms with Crippen LogP contribution >= 0.6 is 0 Å². The predicted octanol–water partition coefficient (Wildman–Crippen LogP) is 4.20. The number of carbonyl (C=O) groups is 2. The summed E-state index contributed by atoms with van der Waals surface area (Å²) in [5.41, 5.74) is 5.82. The minimum Gasteiger partial charge on any atom is -0.378 e. The van der Waals surface area contributed by atoms with Crippen molar-refractivity contribution >= 4 is 29.3 Å². The summed E-state index contributed by atoms with van der Waals surface area (Å²) in [6, 6.07) is 21.9. The molecule has 0 atom stereocenters. The minimum absolute atomic E-state index is 0.0390. The van der Waals surface area contributed by atoms with E-state index in [-0.39, 0.29) is 11.5 Å². The lowest BCUT2D eigenvalue weighted by Crippen LogP contribution is -2.33. The zero-order valence-corrected chi connectivity index (χ0v) is 18.7. The molecule has 168 valence electrons. The number of nitrogens with one attached hydrogen (secondary N) is 2. The van der Waals surface area contributed by atoms with Crippen LogP contribution in [0.5, 0.6) is 0 Å². The topological polar surface area (TPSA) is 73.8 Å². The maximum Gasteiger partial charge on any atom is 0.287 e. The summed E-state index contributed by atoms with van der Waals surface area (Å²) >= 11 is 0. The van der Waals surface area contributed by atoms with Gasteiger partial charge in [-0.05, 0) is 60.5 Å². The lowest BCUT2D eigenvalue weighted by molar-refractivity contribution is -0.117. The smallest absolute Gasteiger partial charge is 0.287 e. The number of nitrogens with zero attached hydrogens (tertiary/aromatic N) is 2. The summed E-state index contributed by atoms with van der Waals surface area (Å²) in [6.07, 6.45) is 1.58. The van der Waals surface area contributed by atoms with Gasteiger partial charge in [0.2, 0.25) is 0 Å². The zero-order chi connectivity index (χ0) is 23.8. The van der Waals surface area contributed by atoms with Gasteiger partial charge in [-0.1, -0.05) is 42.5 Å². The molecule has 0 radical (unpaired) electrons. The van der Waals surface area contributed by atoms with Gasteiger partial charge < -0.3 is 10.2 Å². The van der Waals surface area contributed by atoms with Gasteiger partial charge in [0, 0.05) is 25.3 Å². The molecule has 0 unspecified atom stereocenters. The molecule has 0 aliphatic heterocycles. The van der Waals surface area contributed by atoms with E-state index in [2.05, 4.69) is 15.8 Å². The van der Waals surface area contributed by atoms with Crippen molar-refractivity contribution in [3.63, 3.8) is 0 Å². The van der Waals surface area contributed by atoms with Crippen molar-refractivity contribution in [1.82, 2.24) is 10.7 Å². The molecule has 3 rings (SSSR count). The number of amides is 2. The monoisotopic (exact) mass is 444 g/mol. The minimum atomic E-state index is -0.586. The second-order valence-corrected chi connectivity index (χ2v) is 7.51. The molecule has 2 amide bonds. The fourth-order valence-electron chi connectivity index (χ4n) is 2.93. The maximum absolute atomic E-state index is 13.1. The summed E-state index contributed by atoms with van der Waals surface area (Å²) in [5.74, 6) is -1.36. The molecule has 3 aromatic rings. The first-order chi connectivity index (χ1) is 15.8. The highest BCUT2D eigenvalue weighted by atomic mass is 19.1. The molecule has 0 fully saturated rings. The van der Waals surface area contributed by atoms with E-state index in [9.17, 15) is 14.0 Å². The van der Waals surface area contributed by atoms with Crippen LogP contribution in [-0.2, 0) is 4.79 Å². The Morgan fingerprint density at radius 2 is 1.52 bits per heavy atom. The van der Waals surface area contributed by atoms with Crippen LogP contribution in [0, 0.1) is 5.82 Å². The van der Waals surface area contributed by atoms with Crippen molar-refractivity contribution in [1.29, 1.82) is 0 Å². The van der Waals surface area contributed by atoms with Crippen LogP contribution in [0.25, 0.3) is 6.08 Å². The van der Waals surface area contributed by atoms with E-state index in [1.165, 1.54) is 12.1 Å². The predicted molar refractivity (Wildman–Crippen MR) is 129 cm³/mol. The first-order valence-electron chi connectivity index (χ1n) is 10.3. The molecule has 7 heteroatoms. The number of hydrazone groups is 1. The van der Waals surface area contributed by atoms with E-state index >= 15 is 0 Å². The molecule has 0 saturated heterocycles. The highest BCUT2D eigenvalue weighted by molar-refractivity contribution is 6.06. The molecule has 6 nitrogen and oxygen atoms in total. The largest absolute Gasteiger partial charge is 0.378 e. The molecule has 0 aliphatic rings. The van der Waals surface area contributed by atoms with E-state index in [0.717, 1.165) is 11.3 Å². The fraction of sp³-hybridized carbons (Fsp3) is 0.115. The van der Waals surface area contributed by atoms with Crippen molar-refractivity contribution in [2.75, 3.05) is 19.0 Å². The van der Waals surface area contributed by atoms with Crippen LogP contribution in [0.15, 0.2) is 89.7 Å². The van der Waals surface area contributed by atoms with Crippen LogP contribution in [-0.4, -0.2) is 31.6 Å². The van der Waals surface area contributed by atoms with Crippen molar-refractivity contribution in [3.8, 4) is 0 Å². The van der Waals surface area contributed by atoms with E-state index < -0.39 is 11.8 Å². The van der Waals surface area contributed by atoms with E-state index in [0.29, 0.717) is 16.8 Å². The van der Waals surface area contributed by atoms with Crippen molar-refractivity contribution in [2.45, 2.75) is 6.92 Å². The van der Waals surface area contributed by atoms with Gasteiger partial charge in [-0.3, -0.25) is 9.59 Å². The fourth-order valence-corrected chi connectivity index (χ4v) is 2.93. The quantitative estimate of drug-likeness (QED) is 0.326. The Morgan fingerprint density at radius 1 is 0.879 bits per heavy atom. The molecule has 3 aromatic carbocycles. The SMILES string of the molecule is C/C(=N/NC(=O)/C(=C\c1ccc(N(C)C)cc1)NC(=O)c1ccccc1)c1ccc(F)cc1. The van der Waals surface area contributed by atoms with Gasteiger partial charge in [0.1, 0.15) is 11.5 Å². The van der Waals surface area contributed by atoms with Crippen LogP contribution in [0.1, 0.15) is 28.4 Å². The van der Waals surface area contributed by atoms with Gasteiger partial charge in [-0.2, -0.15) is 5.10 Å². The molecule has 0 aliphatic carbocycles. The number of anilines is 1. The average Bonchev–Trinajstić information content (AvgIpc) is 2.83. The number of halogens is 1. The molecule has 33 heavy (non-hydrogen) atoms. The Kier molecular flexibility index (Phi) is 7.70. The summed E-state index contributed by atoms with van der Waals surface area (Å²) < 4.78 is 13.1. The lowest BCUT2D eigenvalue weighted by atomic mass is 10.1. The second-order valence-electron chi connectivity index (χ2n) is 7.51. The third kappa shape index (κ3) is 6.61. The van der Waals surface area contributed by atoms with Crippen LogP contribution in [0.3, 0.4) is 0 Å². The Hall–Kier alpha value is -4.26. The van der Waals surface area contributed by atoms with Crippen LogP contribution in [0.4, 0.5) is 10.1 Å². The number of carbonyl (C=O) groups excluding carboxylic acids is 2. The number of rotatable bonds is 7. The normalized spacial score (nSPS) is 11.6. The molecule has 0 saturated carbocycles. The Labute approximate surface area is 192 Å². The third-order valence-corrected chi connectivity index (χ3v) is 4.84. The molecule has 0 spiro atoms. The van der Waals surface area contributed by atoms with Gasteiger partial charge in [0.05, 0.1) is 5.71 Å². The summed E-state index contributed by atoms with van der Waals surface area (Å²) in [4.78, 5) is 27.5. The zero-order valence-electron chi connectivity index (χ0n) is 18.7. The van der Waals surface area contributed by atoms with Crippen LogP contribution in [0.2, 0.25) is 0 Å². The molecule has 0 aromatic heterocycles. The molecular weight excluding hydrogens is 419 g/mol. The van der Waals surface area contributed by atoms with Gasteiger partial charge in [-0.15, -0.1) is 0 Å². The van der Waals surface area contributed by atoms with Crippen molar-refractivity contribution < 1.29 is 14.0 Å². The van der Waals surface area contributed by atoms with Gasteiger partial charge in [-0.25, -0.2) is 9.82 Å². The first kappa shape index (κ1) is 23.4. The number of hydrogen-bond donors (Lipinski definition) is 2. The van der Waals surface area contributed by atoms with Gasteiger partial charge in [0.15, 0.2) is 0 Å². The summed E-state index contributed by atoms with van der Waals surface area (Å²) in [5, 5.41) is 6.77. The van der Waals surface area contributed by atoms with Crippen LogP contribution < -0.4 is 15.6 Å². The van der Waals surface area contributed by atoms with E-state index in [1.807, 2.05) is 43.3 Å². The highest BCUT2D eigenvalue weighted by Gasteiger charge is 2.15. The molecule has 0 heterocycles. The number of benzene rings is 3. The number of hydrogen-bond acceptors (Lipinski definition) is 4. The lowest BCUT2D eigenvalue weighted by Gasteiger charge is -2.13. The first-order valence-corrected chi connectivity index (χ1v) is 10.3. The van der Waals surface area contributed by atoms with E-state index in [4.69, 9.17) is 0 Å². The van der Waals surface area contributed by atoms with Gasteiger partial charge >= 0.3 is 0 Å². The van der Waals surface area contributed by atoms with Crippen molar-refractivity contribution in [2.24, 2.45) is 5.10 Å². The Morgan fingerprint density at radius 3 is 2.12 bits per heavy atom. The third-order valence-electron chi connectivity index (χ3n) is 4.84.